The van der Waals surface area contributed by atoms with Crippen LogP contribution in [0.2, 0.25) is 0 Å². The monoisotopic (exact) mass is 296 g/mol. The smallest absolute Gasteiger partial charge is 0.211 e. The topological polar surface area (TPSA) is 86.0 Å². The maximum atomic E-state index is 5.75. The molecule has 2 aromatic rings. The molecule has 0 aliphatic carbocycles. The summed E-state index contributed by atoms with van der Waals surface area (Å²) >= 11 is 0. The van der Waals surface area contributed by atoms with Crippen LogP contribution in [0, 0.1) is 0 Å². The maximum absolute atomic E-state index is 5.75. The second kappa shape index (κ2) is 7.83. The Morgan fingerprint density at radius 2 is 1.64 bits per heavy atom. The van der Waals surface area contributed by atoms with Crippen LogP contribution in [0.15, 0.2) is 64.8 Å². The van der Waals surface area contributed by atoms with Gasteiger partial charge < -0.3 is 16.2 Å². The van der Waals surface area contributed by atoms with Gasteiger partial charge in [-0.15, -0.1) is 5.10 Å². The van der Waals surface area contributed by atoms with E-state index < -0.39 is 0 Å². The summed E-state index contributed by atoms with van der Waals surface area (Å²) in [5.74, 6) is 0.763. The fourth-order valence-corrected chi connectivity index (χ4v) is 1.94. The van der Waals surface area contributed by atoms with Crippen LogP contribution < -0.4 is 16.2 Å². The molecule has 0 atom stereocenters. The minimum Gasteiger partial charge on any atom is -0.489 e. The average molecular weight is 296 g/mol. The fraction of sp³-hybridized carbons (Fsp3) is 0.176. The van der Waals surface area contributed by atoms with E-state index in [1.807, 2.05) is 61.5 Å². The van der Waals surface area contributed by atoms with Crippen molar-refractivity contribution in [2.75, 3.05) is 0 Å². The zero-order chi connectivity index (χ0) is 15.8. The molecule has 0 radical (unpaired) electrons. The van der Waals surface area contributed by atoms with Crippen LogP contribution in [0.3, 0.4) is 0 Å². The zero-order valence-corrected chi connectivity index (χ0v) is 12.6. The first-order valence-electron chi connectivity index (χ1n) is 7.11. The van der Waals surface area contributed by atoms with E-state index in [2.05, 4.69) is 10.2 Å². The molecule has 5 nitrogen and oxygen atoms in total. The molecule has 4 N–H and O–H groups in total. The second-order valence-corrected chi connectivity index (χ2v) is 4.72. The van der Waals surface area contributed by atoms with E-state index in [0.29, 0.717) is 6.61 Å². The molecular weight excluding hydrogens is 276 g/mol. The molecule has 114 valence electrons. The predicted octanol–water partition coefficient (Wildman–Crippen LogP) is 2.65. The second-order valence-electron chi connectivity index (χ2n) is 4.72. The Kier molecular flexibility index (Phi) is 5.54. The third-order valence-electron chi connectivity index (χ3n) is 3.06. The van der Waals surface area contributed by atoms with Crippen LogP contribution in [0.4, 0.5) is 0 Å². The minimum absolute atomic E-state index is 0.0474. The molecule has 0 spiro atoms. The van der Waals surface area contributed by atoms with Crippen molar-refractivity contribution in [2.24, 2.45) is 21.7 Å². The lowest BCUT2D eigenvalue weighted by atomic mass is 10.1. The number of rotatable bonds is 6. The Labute approximate surface area is 130 Å². The van der Waals surface area contributed by atoms with E-state index in [9.17, 15) is 0 Å². The van der Waals surface area contributed by atoms with Crippen molar-refractivity contribution in [3.63, 3.8) is 0 Å². The minimum atomic E-state index is -0.0474. The molecule has 0 fully saturated rings. The van der Waals surface area contributed by atoms with Gasteiger partial charge >= 0.3 is 0 Å². The summed E-state index contributed by atoms with van der Waals surface area (Å²) in [7, 11) is 0. The first kappa shape index (κ1) is 15.6. The zero-order valence-electron chi connectivity index (χ0n) is 12.6. The summed E-state index contributed by atoms with van der Waals surface area (Å²) in [6, 6.07) is 17.8. The summed E-state index contributed by atoms with van der Waals surface area (Å²) in [6.45, 7) is 2.55. The molecule has 5 heteroatoms. The van der Waals surface area contributed by atoms with Crippen LogP contribution in [0.1, 0.15) is 24.5 Å². The Hall–Kier alpha value is -2.82. The van der Waals surface area contributed by atoms with E-state index in [1.54, 1.807) is 0 Å². The quantitative estimate of drug-likeness (QED) is 0.488. The molecule has 0 aliphatic heterocycles. The number of guanidine groups is 1. The van der Waals surface area contributed by atoms with Gasteiger partial charge in [-0.3, -0.25) is 0 Å². The van der Waals surface area contributed by atoms with Gasteiger partial charge in [0.05, 0.1) is 5.71 Å². The van der Waals surface area contributed by atoms with Gasteiger partial charge in [-0.05, 0) is 41.8 Å². The Morgan fingerprint density at radius 3 is 2.23 bits per heavy atom. The standard InChI is InChI=1S/C17H20N4O/c1-2-16(20-21-17(18)19)14-8-10-15(11-9-14)22-12-13-6-4-3-5-7-13/h3-11H,2,12H2,1H3,(H4,18,19,21)/b20-16+. The van der Waals surface area contributed by atoms with E-state index >= 15 is 0 Å². The molecule has 0 aromatic heterocycles. The van der Waals surface area contributed by atoms with Crippen LogP contribution >= 0.6 is 0 Å². The summed E-state index contributed by atoms with van der Waals surface area (Å²) in [6.07, 6.45) is 0.737. The highest BCUT2D eigenvalue weighted by Crippen LogP contribution is 2.15. The van der Waals surface area contributed by atoms with Crippen molar-refractivity contribution < 1.29 is 4.74 Å². The number of nitrogens with zero attached hydrogens (tertiary/aromatic N) is 2. The van der Waals surface area contributed by atoms with Crippen molar-refractivity contribution in [3.8, 4) is 5.75 Å². The lowest BCUT2D eigenvalue weighted by Crippen LogP contribution is -2.22. The molecule has 2 rings (SSSR count). The molecule has 0 aliphatic rings. The SMILES string of the molecule is CC/C(=N\N=C(N)N)c1ccc(OCc2ccccc2)cc1. The molecule has 0 saturated heterocycles. The fourth-order valence-electron chi connectivity index (χ4n) is 1.94. The summed E-state index contributed by atoms with van der Waals surface area (Å²) in [5, 5.41) is 7.75. The highest BCUT2D eigenvalue weighted by atomic mass is 16.5. The Morgan fingerprint density at radius 1 is 0.955 bits per heavy atom. The number of hydrogen-bond donors (Lipinski definition) is 2. The van der Waals surface area contributed by atoms with E-state index in [1.165, 1.54) is 0 Å². The van der Waals surface area contributed by atoms with Crippen molar-refractivity contribution in [1.82, 2.24) is 0 Å². The van der Waals surface area contributed by atoms with Gasteiger partial charge in [0, 0.05) is 0 Å². The molecule has 0 unspecified atom stereocenters. The highest BCUT2D eigenvalue weighted by molar-refractivity contribution is 6.00. The molecule has 0 saturated carbocycles. The van der Waals surface area contributed by atoms with Gasteiger partial charge in [0.1, 0.15) is 12.4 Å². The molecular formula is C17H20N4O. The van der Waals surface area contributed by atoms with Gasteiger partial charge in [0.2, 0.25) is 5.96 Å². The molecule has 0 amide bonds. The molecule has 0 bridgehead atoms. The summed E-state index contributed by atoms with van der Waals surface area (Å²) in [4.78, 5) is 0. The first-order valence-corrected chi connectivity index (χ1v) is 7.11. The van der Waals surface area contributed by atoms with Gasteiger partial charge in [0.25, 0.3) is 0 Å². The van der Waals surface area contributed by atoms with Gasteiger partial charge in [-0.25, -0.2) is 0 Å². The van der Waals surface area contributed by atoms with Crippen LogP contribution in [-0.4, -0.2) is 11.7 Å². The highest BCUT2D eigenvalue weighted by Gasteiger charge is 2.02. The molecule has 2 aromatic carbocycles. The van der Waals surface area contributed by atoms with Crippen molar-refractivity contribution in [1.29, 1.82) is 0 Å². The lowest BCUT2D eigenvalue weighted by Gasteiger charge is -2.08. The van der Waals surface area contributed by atoms with Crippen LogP contribution in [-0.2, 0) is 6.61 Å². The van der Waals surface area contributed by atoms with Gasteiger partial charge in [-0.1, -0.05) is 37.3 Å². The maximum Gasteiger partial charge on any atom is 0.211 e. The number of benzene rings is 2. The third kappa shape index (κ3) is 4.63. The predicted molar refractivity (Wildman–Crippen MR) is 89.9 cm³/mol. The van der Waals surface area contributed by atoms with Gasteiger partial charge in [-0.2, -0.15) is 5.10 Å². The number of ether oxygens (including phenoxy) is 1. The molecule has 22 heavy (non-hydrogen) atoms. The summed E-state index contributed by atoms with van der Waals surface area (Å²) < 4.78 is 5.75. The van der Waals surface area contributed by atoms with E-state index in [4.69, 9.17) is 16.2 Å². The number of hydrogen-bond acceptors (Lipinski definition) is 3. The van der Waals surface area contributed by atoms with Crippen molar-refractivity contribution in [2.45, 2.75) is 20.0 Å². The van der Waals surface area contributed by atoms with Gasteiger partial charge in [0.15, 0.2) is 0 Å². The lowest BCUT2D eigenvalue weighted by molar-refractivity contribution is 0.306. The van der Waals surface area contributed by atoms with E-state index in [0.717, 1.165) is 29.0 Å². The Bertz CT molecular complexity index is 644. The molecule has 0 heterocycles. The van der Waals surface area contributed by atoms with Crippen LogP contribution in [0.25, 0.3) is 0 Å². The first-order chi connectivity index (χ1) is 10.7. The largest absolute Gasteiger partial charge is 0.489 e. The third-order valence-corrected chi connectivity index (χ3v) is 3.06. The average Bonchev–Trinajstić information content (AvgIpc) is 2.55. The van der Waals surface area contributed by atoms with Crippen molar-refractivity contribution in [3.05, 3.63) is 65.7 Å². The summed E-state index contributed by atoms with van der Waals surface area (Å²) in [5.41, 5.74) is 13.5. The van der Waals surface area contributed by atoms with Crippen molar-refractivity contribution >= 4 is 11.7 Å². The normalized spacial score (nSPS) is 11.0. The Balaban J connectivity index is 2.03. The van der Waals surface area contributed by atoms with E-state index in [-0.39, 0.29) is 5.96 Å². The van der Waals surface area contributed by atoms with Crippen LogP contribution in [0.5, 0.6) is 5.75 Å². The number of nitrogens with two attached hydrogens (primary N) is 2.